The molecule has 21 heavy (non-hydrogen) atoms. The molecule has 0 aromatic heterocycles. The van der Waals surface area contributed by atoms with Gasteiger partial charge in [0.05, 0.1) is 6.54 Å². The minimum Gasteiger partial charge on any atom is -0.409 e. The lowest BCUT2D eigenvalue weighted by atomic mass is 9.96. The number of hydrogen-bond donors (Lipinski definition) is 3. The topological polar surface area (TPSA) is 122 Å². The van der Waals surface area contributed by atoms with Gasteiger partial charge in [-0.1, -0.05) is 35.5 Å². The normalized spacial score (nSPS) is 12.7. The molecule has 114 valence electrons. The third-order valence-electron chi connectivity index (χ3n) is 3.09. The van der Waals surface area contributed by atoms with Gasteiger partial charge in [-0.05, 0) is 18.9 Å². The summed E-state index contributed by atoms with van der Waals surface area (Å²) in [5.41, 5.74) is 11.6. The molecule has 0 radical (unpaired) electrons. The van der Waals surface area contributed by atoms with Crippen LogP contribution in [0.25, 0.3) is 0 Å². The van der Waals surface area contributed by atoms with Crippen molar-refractivity contribution in [1.82, 2.24) is 4.90 Å². The van der Waals surface area contributed by atoms with Gasteiger partial charge in [0, 0.05) is 6.54 Å². The number of nitrogens with two attached hydrogens (primary N) is 2. The highest BCUT2D eigenvalue weighted by Gasteiger charge is 2.28. The first-order valence-corrected chi connectivity index (χ1v) is 6.58. The SMILES string of the molecule is CCN(CC(N)=O)C(=O)C(Cc1ccccc1)/C(N)=N/O. The lowest BCUT2D eigenvalue weighted by Crippen LogP contribution is -2.46. The van der Waals surface area contributed by atoms with Crippen molar-refractivity contribution in [3.05, 3.63) is 35.9 Å². The van der Waals surface area contributed by atoms with E-state index in [0.29, 0.717) is 6.54 Å². The Bertz CT molecular complexity index is 516. The van der Waals surface area contributed by atoms with Gasteiger partial charge in [-0.3, -0.25) is 9.59 Å². The Balaban J connectivity index is 2.96. The molecule has 0 saturated heterocycles. The molecule has 0 saturated carbocycles. The molecule has 7 nitrogen and oxygen atoms in total. The van der Waals surface area contributed by atoms with Crippen LogP contribution in [-0.2, 0) is 16.0 Å². The van der Waals surface area contributed by atoms with Crippen LogP contribution in [0.5, 0.6) is 0 Å². The summed E-state index contributed by atoms with van der Waals surface area (Å²) in [5.74, 6) is -2.03. The Kier molecular flexibility index (Phi) is 6.19. The summed E-state index contributed by atoms with van der Waals surface area (Å²) in [4.78, 5) is 24.8. The molecular formula is C14H20N4O3. The summed E-state index contributed by atoms with van der Waals surface area (Å²) < 4.78 is 0. The largest absolute Gasteiger partial charge is 0.409 e. The Morgan fingerprint density at radius 2 is 1.90 bits per heavy atom. The fraction of sp³-hybridized carbons (Fsp3) is 0.357. The molecule has 1 atom stereocenters. The van der Waals surface area contributed by atoms with Crippen LogP contribution in [0.4, 0.5) is 0 Å². The number of hydrogen-bond acceptors (Lipinski definition) is 4. The number of carbonyl (C=O) groups excluding carboxylic acids is 2. The number of nitrogens with zero attached hydrogens (tertiary/aromatic N) is 2. The van der Waals surface area contributed by atoms with Crippen molar-refractivity contribution in [3.63, 3.8) is 0 Å². The van der Waals surface area contributed by atoms with E-state index in [0.717, 1.165) is 5.56 Å². The van der Waals surface area contributed by atoms with Gasteiger partial charge in [0.1, 0.15) is 5.92 Å². The van der Waals surface area contributed by atoms with Crippen molar-refractivity contribution in [1.29, 1.82) is 0 Å². The van der Waals surface area contributed by atoms with Gasteiger partial charge in [0.2, 0.25) is 11.8 Å². The van der Waals surface area contributed by atoms with Crippen molar-refractivity contribution in [2.45, 2.75) is 13.3 Å². The number of amidine groups is 1. The molecule has 0 spiro atoms. The molecule has 5 N–H and O–H groups in total. The zero-order valence-electron chi connectivity index (χ0n) is 11.9. The summed E-state index contributed by atoms with van der Waals surface area (Å²) in [6.45, 7) is 1.85. The molecule has 7 heteroatoms. The van der Waals surface area contributed by atoms with Crippen LogP contribution >= 0.6 is 0 Å². The third-order valence-corrected chi connectivity index (χ3v) is 3.09. The maximum Gasteiger partial charge on any atom is 0.237 e. The van der Waals surface area contributed by atoms with Gasteiger partial charge in [-0.2, -0.15) is 0 Å². The zero-order valence-corrected chi connectivity index (χ0v) is 11.9. The Morgan fingerprint density at radius 3 is 2.38 bits per heavy atom. The average Bonchev–Trinajstić information content (AvgIpc) is 2.49. The minimum atomic E-state index is -0.836. The monoisotopic (exact) mass is 292 g/mol. The maximum atomic E-state index is 12.5. The first kappa shape index (κ1) is 16.5. The van der Waals surface area contributed by atoms with Crippen LogP contribution in [0, 0.1) is 5.92 Å². The van der Waals surface area contributed by atoms with E-state index < -0.39 is 17.7 Å². The molecule has 0 bridgehead atoms. The van der Waals surface area contributed by atoms with Crippen molar-refractivity contribution in [2.24, 2.45) is 22.5 Å². The minimum absolute atomic E-state index is 0.188. The fourth-order valence-electron chi connectivity index (χ4n) is 1.99. The number of carbonyl (C=O) groups is 2. The van der Waals surface area contributed by atoms with Crippen molar-refractivity contribution < 1.29 is 14.8 Å². The van der Waals surface area contributed by atoms with Gasteiger partial charge in [0.25, 0.3) is 0 Å². The standard InChI is InChI=1S/C14H20N4O3/c1-2-18(9-12(15)19)14(20)11(13(16)17-21)8-10-6-4-3-5-7-10/h3-7,11,21H,2,8-9H2,1H3,(H2,15,19)(H2,16,17). The lowest BCUT2D eigenvalue weighted by Gasteiger charge is -2.24. The van der Waals surface area contributed by atoms with E-state index in [1.165, 1.54) is 4.90 Å². The van der Waals surface area contributed by atoms with E-state index in [1.807, 2.05) is 30.3 Å². The van der Waals surface area contributed by atoms with Crippen LogP contribution in [-0.4, -0.2) is 40.8 Å². The van der Waals surface area contributed by atoms with Crippen LogP contribution in [0.3, 0.4) is 0 Å². The molecule has 0 fully saturated rings. The van der Waals surface area contributed by atoms with E-state index in [4.69, 9.17) is 16.7 Å². The second-order valence-electron chi connectivity index (χ2n) is 4.59. The molecule has 2 amide bonds. The van der Waals surface area contributed by atoms with E-state index >= 15 is 0 Å². The molecule has 1 aromatic carbocycles. The number of benzene rings is 1. The summed E-state index contributed by atoms with van der Waals surface area (Å²) in [5, 5.41) is 11.8. The molecule has 1 rings (SSSR count). The van der Waals surface area contributed by atoms with Gasteiger partial charge in [0.15, 0.2) is 5.84 Å². The molecule has 0 aliphatic carbocycles. The van der Waals surface area contributed by atoms with Crippen LogP contribution in [0.1, 0.15) is 12.5 Å². The van der Waals surface area contributed by atoms with E-state index in [-0.39, 0.29) is 18.8 Å². The van der Waals surface area contributed by atoms with Crippen molar-refractivity contribution in [2.75, 3.05) is 13.1 Å². The molecule has 1 unspecified atom stereocenters. The van der Waals surface area contributed by atoms with Gasteiger partial charge < -0.3 is 21.6 Å². The third kappa shape index (κ3) is 4.79. The Labute approximate surface area is 123 Å². The highest BCUT2D eigenvalue weighted by Crippen LogP contribution is 2.12. The summed E-state index contributed by atoms with van der Waals surface area (Å²) in [7, 11) is 0. The average molecular weight is 292 g/mol. The molecule has 0 heterocycles. The highest BCUT2D eigenvalue weighted by atomic mass is 16.4. The second-order valence-corrected chi connectivity index (χ2v) is 4.59. The second kappa shape index (κ2) is 7.88. The van der Waals surface area contributed by atoms with Crippen molar-refractivity contribution >= 4 is 17.6 Å². The molecule has 0 aliphatic heterocycles. The number of rotatable bonds is 7. The summed E-state index contributed by atoms with van der Waals surface area (Å²) in [6.07, 6.45) is 0.283. The summed E-state index contributed by atoms with van der Waals surface area (Å²) in [6, 6.07) is 9.22. The number of oxime groups is 1. The van der Waals surface area contributed by atoms with Crippen molar-refractivity contribution in [3.8, 4) is 0 Å². The predicted molar refractivity (Wildman–Crippen MR) is 78.5 cm³/mol. The molecular weight excluding hydrogens is 272 g/mol. The van der Waals surface area contributed by atoms with Crippen LogP contribution < -0.4 is 11.5 Å². The van der Waals surface area contributed by atoms with Gasteiger partial charge >= 0.3 is 0 Å². The maximum absolute atomic E-state index is 12.5. The fourth-order valence-corrected chi connectivity index (χ4v) is 1.99. The lowest BCUT2D eigenvalue weighted by molar-refractivity contribution is -0.136. The van der Waals surface area contributed by atoms with Crippen LogP contribution in [0.15, 0.2) is 35.5 Å². The zero-order chi connectivity index (χ0) is 15.8. The molecule has 1 aromatic rings. The van der Waals surface area contributed by atoms with E-state index in [1.54, 1.807) is 6.92 Å². The smallest absolute Gasteiger partial charge is 0.237 e. The molecule has 0 aliphatic rings. The number of primary amides is 1. The first-order chi connectivity index (χ1) is 9.99. The quantitative estimate of drug-likeness (QED) is 0.282. The van der Waals surface area contributed by atoms with E-state index in [9.17, 15) is 9.59 Å². The van der Waals surface area contributed by atoms with Gasteiger partial charge in [-0.25, -0.2) is 0 Å². The highest BCUT2D eigenvalue weighted by molar-refractivity contribution is 6.03. The van der Waals surface area contributed by atoms with Gasteiger partial charge in [-0.15, -0.1) is 0 Å². The predicted octanol–water partition coefficient (Wildman–Crippen LogP) is -0.0745. The number of amides is 2. The first-order valence-electron chi connectivity index (χ1n) is 6.58. The Hall–Kier alpha value is -2.57. The summed E-state index contributed by atoms with van der Waals surface area (Å²) >= 11 is 0. The van der Waals surface area contributed by atoms with E-state index in [2.05, 4.69) is 5.16 Å². The Morgan fingerprint density at radius 1 is 1.29 bits per heavy atom. The number of likely N-dealkylation sites (N-methyl/N-ethyl adjacent to an activating group) is 1. The van der Waals surface area contributed by atoms with Crippen LogP contribution in [0.2, 0.25) is 0 Å².